The van der Waals surface area contributed by atoms with E-state index in [1.165, 1.54) is 0 Å². The van der Waals surface area contributed by atoms with Gasteiger partial charge in [0.1, 0.15) is 5.15 Å². The molecule has 0 aliphatic heterocycles. The standard InChI is InChI=1S/C11H11BrClN3O/c1-7-3-11(17)16(6-9(7)12)5-8-4-10(13)15(2)14-8/h3-4,6H,5H2,1-2H3. The third-order valence-corrected chi connectivity index (χ3v) is 3.66. The van der Waals surface area contributed by atoms with Gasteiger partial charge in [0.15, 0.2) is 0 Å². The molecule has 0 aromatic carbocycles. The van der Waals surface area contributed by atoms with Gasteiger partial charge in [0.2, 0.25) is 0 Å². The summed E-state index contributed by atoms with van der Waals surface area (Å²) in [6.07, 6.45) is 1.76. The van der Waals surface area contributed by atoms with Crippen molar-refractivity contribution in [2.45, 2.75) is 13.5 Å². The van der Waals surface area contributed by atoms with Crippen LogP contribution in [0.2, 0.25) is 5.15 Å². The first-order valence-electron chi connectivity index (χ1n) is 5.02. The average molecular weight is 317 g/mol. The minimum atomic E-state index is -0.0486. The third-order valence-electron chi connectivity index (χ3n) is 2.47. The van der Waals surface area contributed by atoms with Gasteiger partial charge in [-0.15, -0.1) is 0 Å². The highest BCUT2D eigenvalue weighted by Gasteiger charge is 2.06. The van der Waals surface area contributed by atoms with Crippen molar-refractivity contribution in [3.05, 3.63) is 49.6 Å². The summed E-state index contributed by atoms with van der Waals surface area (Å²) in [6, 6.07) is 3.34. The lowest BCUT2D eigenvalue weighted by Gasteiger charge is -2.05. The molecule has 0 fully saturated rings. The summed E-state index contributed by atoms with van der Waals surface area (Å²) in [7, 11) is 1.76. The van der Waals surface area contributed by atoms with Crippen molar-refractivity contribution in [3.63, 3.8) is 0 Å². The molecule has 0 saturated carbocycles. The maximum absolute atomic E-state index is 11.8. The summed E-state index contributed by atoms with van der Waals surface area (Å²) < 4.78 is 4.07. The molecule has 0 N–H and O–H groups in total. The van der Waals surface area contributed by atoms with Gasteiger partial charge in [-0.3, -0.25) is 9.48 Å². The maximum Gasteiger partial charge on any atom is 0.251 e. The predicted octanol–water partition coefficient (Wildman–Crippen LogP) is 2.35. The quantitative estimate of drug-likeness (QED) is 0.853. The fourth-order valence-corrected chi connectivity index (χ4v) is 2.04. The third kappa shape index (κ3) is 2.61. The molecule has 2 aromatic rings. The van der Waals surface area contributed by atoms with Crippen LogP contribution in [0.5, 0.6) is 0 Å². The van der Waals surface area contributed by atoms with Crippen molar-refractivity contribution < 1.29 is 0 Å². The van der Waals surface area contributed by atoms with Gasteiger partial charge in [0.25, 0.3) is 5.56 Å². The first kappa shape index (κ1) is 12.4. The largest absolute Gasteiger partial charge is 0.308 e. The highest BCUT2D eigenvalue weighted by Crippen LogP contribution is 2.14. The molecule has 0 atom stereocenters. The normalized spacial score (nSPS) is 10.8. The Hall–Kier alpha value is -1.07. The number of aromatic nitrogens is 3. The van der Waals surface area contributed by atoms with Gasteiger partial charge < -0.3 is 4.57 Å². The number of hydrogen-bond acceptors (Lipinski definition) is 2. The molecule has 0 aliphatic carbocycles. The fourth-order valence-electron chi connectivity index (χ4n) is 1.51. The minimum absolute atomic E-state index is 0.0486. The van der Waals surface area contributed by atoms with E-state index in [0.717, 1.165) is 15.7 Å². The average Bonchev–Trinajstić information content (AvgIpc) is 2.55. The lowest BCUT2D eigenvalue weighted by molar-refractivity contribution is 0.689. The van der Waals surface area contributed by atoms with Crippen molar-refractivity contribution in [2.24, 2.45) is 7.05 Å². The van der Waals surface area contributed by atoms with Gasteiger partial charge in [-0.2, -0.15) is 5.10 Å². The number of rotatable bonds is 2. The molecule has 0 saturated heterocycles. The summed E-state index contributed by atoms with van der Waals surface area (Å²) in [5, 5.41) is 4.76. The van der Waals surface area contributed by atoms with Crippen molar-refractivity contribution in [1.29, 1.82) is 0 Å². The summed E-state index contributed by atoms with van der Waals surface area (Å²) in [4.78, 5) is 11.8. The molecule has 90 valence electrons. The van der Waals surface area contributed by atoms with E-state index in [0.29, 0.717) is 11.7 Å². The summed E-state index contributed by atoms with van der Waals surface area (Å²) >= 11 is 9.30. The molecular formula is C11H11BrClN3O. The smallest absolute Gasteiger partial charge is 0.251 e. The van der Waals surface area contributed by atoms with Gasteiger partial charge in [0, 0.05) is 29.8 Å². The Labute approximate surface area is 112 Å². The van der Waals surface area contributed by atoms with Crippen molar-refractivity contribution >= 4 is 27.5 Å². The van der Waals surface area contributed by atoms with Crippen LogP contribution in [0.25, 0.3) is 0 Å². The minimum Gasteiger partial charge on any atom is -0.308 e. The monoisotopic (exact) mass is 315 g/mol. The van der Waals surface area contributed by atoms with E-state index in [1.54, 1.807) is 34.6 Å². The Kier molecular flexibility index (Phi) is 3.40. The maximum atomic E-state index is 11.8. The van der Waals surface area contributed by atoms with Crippen LogP contribution in [0, 0.1) is 6.92 Å². The van der Waals surface area contributed by atoms with Gasteiger partial charge >= 0.3 is 0 Å². The van der Waals surface area contributed by atoms with E-state index in [1.807, 2.05) is 6.92 Å². The van der Waals surface area contributed by atoms with Crippen LogP contribution >= 0.6 is 27.5 Å². The number of aryl methyl sites for hydroxylation is 2. The van der Waals surface area contributed by atoms with E-state index >= 15 is 0 Å². The molecular weight excluding hydrogens is 305 g/mol. The van der Waals surface area contributed by atoms with E-state index in [-0.39, 0.29) is 5.56 Å². The van der Waals surface area contributed by atoms with Crippen molar-refractivity contribution in [2.75, 3.05) is 0 Å². The van der Waals surface area contributed by atoms with Crippen molar-refractivity contribution in [3.8, 4) is 0 Å². The summed E-state index contributed by atoms with van der Waals surface area (Å²) in [6.45, 7) is 2.30. The van der Waals surface area contributed by atoms with E-state index in [2.05, 4.69) is 21.0 Å². The first-order valence-corrected chi connectivity index (χ1v) is 6.19. The highest BCUT2D eigenvalue weighted by atomic mass is 79.9. The van der Waals surface area contributed by atoms with Gasteiger partial charge in [-0.1, -0.05) is 11.6 Å². The molecule has 0 aliphatic rings. The van der Waals surface area contributed by atoms with Crippen LogP contribution in [0.1, 0.15) is 11.3 Å². The molecule has 0 amide bonds. The van der Waals surface area contributed by atoms with Crippen LogP contribution < -0.4 is 5.56 Å². The number of hydrogen-bond donors (Lipinski definition) is 0. The van der Waals surface area contributed by atoms with Gasteiger partial charge in [-0.05, 0) is 28.4 Å². The topological polar surface area (TPSA) is 39.8 Å². The second kappa shape index (κ2) is 4.66. The molecule has 0 unspecified atom stereocenters. The molecule has 4 nitrogen and oxygen atoms in total. The van der Waals surface area contributed by atoms with Gasteiger partial charge in [-0.25, -0.2) is 0 Å². The Bertz CT molecular complexity index is 598. The van der Waals surface area contributed by atoms with Crippen molar-refractivity contribution in [1.82, 2.24) is 14.3 Å². The molecule has 0 radical (unpaired) electrons. The molecule has 6 heteroatoms. The second-order valence-electron chi connectivity index (χ2n) is 3.85. The molecule has 0 bridgehead atoms. The SMILES string of the molecule is Cc1cc(=O)n(Cc2cc(Cl)n(C)n2)cc1Br. The highest BCUT2D eigenvalue weighted by molar-refractivity contribution is 9.10. The summed E-state index contributed by atoms with van der Waals surface area (Å²) in [5.41, 5.74) is 1.63. The van der Waals surface area contributed by atoms with E-state index < -0.39 is 0 Å². The number of nitrogens with zero attached hydrogens (tertiary/aromatic N) is 3. The van der Waals surface area contributed by atoms with Crippen LogP contribution in [0.15, 0.2) is 27.6 Å². The number of halogens is 2. The van der Waals surface area contributed by atoms with Crippen LogP contribution in [0.3, 0.4) is 0 Å². The molecule has 2 aromatic heterocycles. The number of pyridine rings is 1. The zero-order chi connectivity index (χ0) is 12.6. The molecule has 2 heterocycles. The summed E-state index contributed by atoms with van der Waals surface area (Å²) in [5.74, 6) is 0. The van der Waals surface area contributed by atoms with E-state index in [9.17, 15) is 4.79 Å². The Balaban J connectivity index is 2.36. The molecule has 0 spiro atoms. The van der Waals surface area contributed by atoms with Gasteiger partial charge in [0.05, 0.1) is 12.2 Å². The lowest BCUT2D eigenvalue weighted by Crippen LogP contribution is -2.20. The predicted molar refractivity (Wildman–Crippen MR) is 70.5 cm³/mol. The Morgan fingerprint density at radius 2 is 2.18 bits per heavy atom. The Morgan fingerprint density at radius 3 is 2.76 bits per heavy atom. The van der Waals surface area contributed by atoms with Crippen LogP contribution in [-0.4, -0.2) is 14.3 Å². The fraction of sp³-hybridized carbons (Fsp3) is 0.273. The molecule has 17 heavy (non-hydrogen) atoms. The zero-order valence-corrected chi connectivity index (χ0v) is 11.8. The second-order valence-corrected chi connectivity index (χ2v) is 5.09. The van der Waals surface area contributed by atoms with Crippen LogP contribution in [-0.2, 0) is 13.6 Å². The van der Waals surface area contributed by atoms with Crippen LogP contribution in [0.4, 0.5) is 0 Å². The lowest BCUT2D eigenvalue weighted by atomic mass is 10.3. The molecule has 2 rings (SSSR count). The Morgan fingerprint density at radius 1 is 1.47 bits per heavy atom. The van der Waals surface area contributed by atoms with E-state index in [4.69, 9.17) is 11.6 Å². The first-order chi connectivity index (χ1) is 7.97. The zero-order valence-electron chi connectivity index (χ0n) is 9.44.